The lowest BCUT2D eigenvalue weighted by Crippen LogP contribution is -2.47. The fourth-order valence-corrected chi connectivity index (χ4v) is 2.70. The van der Waals surface area contributed by atoms with Crippen molar-refractivity contribution in [2.45, 2.75) is 24.6 Å². The van der Waals surface area contributed by atoms with E-state index >= 15 is 0 Å². The fourth-order valence-electron chi connectivity index (χ4n) is 2.38. The molecule has 1 aliphatic rings. The van der Waals surface area contributed by atoms with Gasteiger partial charge in [-0.15, -0.1) is 11.6 Å². The van der Waals surface area contributed by atoms with E-state index in [9.17, 15) is 14.7 Å². The molecule has 1 saturated heterocycles. The average Bonchev–Trinajstić information content (AvgIpc) is 2.82. The van der Waals surface area contributed by atoms with Crippen molar-refractivity contribution in [1.82, 2.24) is 9.55 Å². The highest BCUT2D eigenvalue weighted by atomic mass is 35.5. The topological polar surface area (TPSA) is 133 Å². The second-order valence-electron chi connectivity index (χ2n) is 4.86. The van der Waals surface area contributed by atoms with Crippen molar-refractivity contribution in [1.29, 1.82) is 0 Å². The zero-order chi connectivity index (χ0) is 15.6. The van der Waals surface area contributed by atoms with Gasteiger partial charge in [0.2, 0.25) is 0 Å². The molecule has 21 heavy (non-hydrogen) atoms. The molecule has 0 aromatic carbocycles. The standard InChI is InChI=1S/C11H14ClN5O4/c1-6-2-17(10(20)14-9(6)19)7-3-21-11(4-12,5-18)8(7)15-16-13/h2,7-8,18H,3-5H2,1H3,(H,14,19,20)/t7?,8?,11-/m1/s1. The van der Waals surface area contributed by atoms with Gasteiger partial charge in [0.15, 0.2) is 0 Å². The van der Waals surface area contributed by atoms with E-state index in [0.717, 1.165) is 0 Å². The SMILES string of the molecule is Cc1cn(C2CO[C@@](CO)(CCl)C2N=[N+]=[N-])c(=O)[nH]c1=O. The molecule has 1 fully saturated rings. The van der Waals surface area contributed by atoms with E-state index in [1.54, 1.807) is 6.92 Å². The minimum absolute atomic E-state index is 0.0301. The van der Waals surface area contributed by atoms with Gasteiger partial charge in [-0.05, 0) is 12.5 Å². The van der Waals surface area contributed by atoms with Crippen molar-refractivity contribution in [3.63, 3.8) is 0 Å². The predicted octanol–water partition coefficient (Wildman–Crippen LogP) is 0.0651. The molecular weight excluding hydrogens is 302 g/mol. The maximum atomic E-state index is 11.9. The van der Waals surface area contributed by atoms with Gasteiger partial charge < -0.3 is 9.84 Å². The Kier molecular flexibility index (Phi) is 4.38. The summed E-state index contributed by atoms with van der Waals surface area (Å²) < 4.78 is 6.73. The lowest BCUT2D eigenvalue weighted by molar-refractivity contribution is -0.0285. The Bertz CT molecular complexity index is 689. The van der Waals surface area contributed by atoms with Crippen LogP contribution in [0.1, 0.15) is 11.6 Å². The number of aliphatic hydroxyl groups is 1. The van der Waals surface area contributed by atoms with Crippen LogP contribution in [0, 0.1) is 6.92 Å². The third-order valence-electron chi connectivity index (χ3n) is 3.62. The number of H-pyrrole nitrogens is 1. The van der Waals surface area contributed by atoms with Gasteiger partial charge in [-0.2, -0.15) is 0 Å². The zero-order valence-corrected chi connectivity index (χ0v) is 11.9. The summed E-state index contributed by atoms with van der Waals surface area (Å²) in [4.78, 5) is 28.3. The van der Waals surface area contributed by atoms with Crippen LogP contribution in [0.5, 0.6) is 0 Å². The average molecular weight is 316 g/mol. The van der Waals surface area contributed by atoms with Gasteiger partial charge >= 0.3 is 5.69 Å². The van der Waals surface area contributed by atoms with Crippen molar-refractivity contribution in [3.05, 3.63) is 43.0 Å². The number of aliphatic hydroxyl groups excluding tert-OH is 1. The number of ether oxygens (including phenoxy) is 1. The molecule has 0 spiro atoms. The first-order chi connectivity index (χ1) is 9.99. The monoisotopic (exact) mass is 315 g/mol. The highest BCUT2D eigenvalue weighted by Crippen LogP contribution is 2.36. The number of rotatable bonds is 4. The molecule has 2 unspecified atom stereocenters. The van der Waals surface area contributed by atoms with Crippen LogP contribution < -0.4 is 11.2 Å². The summed E-state index contributed by atoms with van der Waals surface area (Å²) in [5.41, 5.74) is 6.68. The molecule has 114 valence electrons. The van der Waals surface area contributed by atoms with Crippen molar-refractivity contribution < 1.29 is 9.84 Å². The zero-order valence-electron chi connectivity index (χ0n) is 11.2. The number of azide groups is 1. The number of alkyl halides is 1. The molecule has 10 heteroatoms. The normalized spacial score (nSPS) is 28.3. The van der Waals surface area contributed by atoms with Crippen LogP contribution in [0.15, 0.2) is 20.9 Å². The minimum Gasteiger partial charge on any atom is -0.393 e. The Morgan fingerprint density at radius 3 is 3.00 bits per heavy atom. The highest BCUT2D eigenvalue weighted by molar-refractivity contribution is 6.18. The second-order valence-corrected chi connectivity index (χ2v) is 5.13. The highest BCUT2D eigenvalue weighted by Gasteiger charge is 2.50. The van der Waals surface area contributed by atoms with E-state index in [1.807, 2.05) is 0 Å². The molecule has 2 N–H and O–H groups in total. The predicted molar refractivity (Wildman–Crippen MR) is 74.5 cm³/mol. The first kappa shape index (κ1) is 15.6. The number of hydrogen-bond donors (Lipinski definition) is 2. The van der Waals surface area contributed by atoms with Crippen molar-refractivity contribution in [3.8, 4) is 0 Å². The Hall–Kier alpha value is -1.80. The summed E-state index contributed by atoms with van der Waals surface area (Å²) in [6.45, 7) is 1.13. The van der Waals surface area contributed by atoms with E-state index in [1.165, 1.54) is 10.8 Å². The van der Waals surface area contributed by atoms with Crippen molar-refractivity contribution in [2.75, 3.05) is 19.1 Å². The van der Waals surface area contributed by atoms with Crippen LogP contribution in [0.3, 0.4) is 0 Å². The molecule has 2 rings (SSSR count). The molecule has 0 amide bonds. The molecule has 3 atom stereocenters. The van der Waals surface area contributed by atoms with Crippen LogP contribution in [-0.2, 0) is 4.74 Å². The number of hydrogen-bond acceptors (Lipinski definition) is 5. The van der Waals surface area contributed by atoms with Gasteiger partial charge in [-0.25, -0.2) is 4.79 Å². The van der Waals surface area contributed by atoms with Gasteiger partial charge in [-0.1, -0.05) is 5.11 Å². The van der Waals surface area contributed by atoms with E-state index < -0.39 is 35.5 Å². The first-order valence-electron chi connectivity index (χ1n) is 6.16. The Morgan fingerprint density at radius 2 is 2.43 bits per heavy atom. The van der Waals surface area contributed by atoms with Crippen LogP contribution in [0.2, 0.25) is 0 Å². The summed E-state index contributed by atoms with van der Waals surface area (Å²) in [7, 11) is 0. The van der Waals surface area contributed by atoms with Crippen LogP contribution >= 0.6 is 11.6 Å². The van der Waals surface area contributed by atoms with Gasteiger partial charge in [0.1, 0.15) is 5.60 Å². The molecule has 1 aromatic rings. The number of halogens is 1. The largest absolute Gasteiger partial charge is 0.393 e. The summed E-state index contributed by atoms with van der Waals surface area (Å²) in [6, 6.07) is -1.53. The van der Waals surface area contributed by atoms with Crippen molar-refractivity contribution >= 4 is 11.6 Å². The third kappa shape index (κ3) is 2.56. The number of aryl methyl sites for hydroxylation is 1. The molecule has 0 bridgehead atoms. The van der Waals surface area contributed by atoms with E-state index in [4.69, 9.17) is 21.9 Å². The molecule has 9 nitrogen and oxygen atoms in total. The van der Waals surface area contributed by atoms with Crippen molar-refractivity contribution in [2.24, 2.45) is 5.11 Å². The maximum absolute atomic E-state index is 11.9. The van der Waals surface area contributed by atoms with E-state index in [-0.39, 0.29) is 12.5 Å². The van der Waals surface area contributed by atoms with Crippen LogP contribution in [0.25, 0.3) is 10.4 Å². The number of nitrogens with zero attached hydrogens (tertiary/aromatic N) is 4. The summed E-state index contributed by atoms with van der Waals surface area (Å²) in [5.74, 6) is -0.0965. The minimum atomic E-state index is -1.25. The second kappa shape index (κ2) is 5.90. The first-order valence-corrected chi connectivity index (χ1v) is 6.69. The van der Waals surface area contributed by atoms with Crippen LogP contribution in [0.4, 0.5) is 0 Å². The molecule has 2 heterocycles. The molecular formula is C11H14ClN5O4. The Labute approximate surface area is 123 Å². The maximum Gasteiger partial charge on any atom is 0.328 e. The number of aromatic amines is 1. The Balaban J connectivity index is 2.54. The molecule has 1 aliphatic heterocycles. The molecule has 0 radical (unpaired) electrons. The van der Waals surface area contributed by atoms with Gasteiger partial charge in [-0.3, -0.25) is 14.3 Å². The smallest absolute Gasteiger partial charge is 0.328 e. The summed E-state index contributed by atoms with van der Waals surface area (Å²) in [6.07, 6.45) is 1.37. The molecule has 0 aliphatic carbocycles. The van der Waals surface area contributed by atoms with Gasteiger partial charge in [0, 0.05) is 16.7 Å². The third-order valence-corrected chi connectivity index (χ3v) is 4.07. The van der Waals surface area contributed by atoms with E-state index in [2.05, 4.69) is 15.0 Å². The quantitative estimate of drug-likeness (QED) is 0.352. The van der Waals surface area contributed by atoms with E-state index in [0.29, 0.717) is 5.56 Å². The van der Waals surface area contributed by atoms with Gasteiger partial charge in [0.25, 0.3) is 5.56 Å². The fraction of sp³-hybridized carbons (Fsp3) is 0.636. The summed E-state index contributed by atoms with van der Waals surface area (Å²) >= 11 is 5.83. The number of aromatic nitrogens is 2. The summed E-state index contributed by atoms with van der Waals surface area (Å²) in [5, 5.41) is 13.1. The van der Waals surface area contributed by atoms with Crippen LogP contribution in [-0.4, -0.2) is 45.4 Å². The number of nitrogens with one attached hydrogen (secondary N) is 1. The Morgan fingerprint density at radius 1 is 1.71 bits per heavy atom. The molecule has 1 aromatic heterocycles. The lowest BCUT2D eigenvalue weighted by Gasteiger charge is -2.29. The van der Waals surface area contributed by atoms with Gasteiger partial charge in [0.05, 0.1) is 31.2 Å². The molecule has 0 saturated carbocycles. The lowest BCUT2D eigenvalue weighted by atomic mass is 9.94.